The van der Waals surface area contributed by atoms with Gasteiger partial charge in [-0.1, -0.05) is 13.8 Å². The highest BCUT2D eigenvalue weighted by molar-refractivity contribution is 4.96. The predicted octanol–water partition coefficient (Wildman–Crippen LogP) is 1.50. The van der Waals surface area contributed by atoms with E-state index >= 15 is 0 Å². The molecule has 0 saturated carbocycles. The lowest BCUT2D eigenvalue weighted by Crippen LogP contribution is -2.28. The zero-order valence-electron chi connectivity index (χ0n) is 8.29. The summed E-state index contributed by atoms with van der Waals surface area (Å²) < 4.78 is 5.98. The van der Waals surface area contributed by atoms with Crippen molar-refractivity contribution in [1.82, 2.24) is 4.90 Å². The summed E-state index contributed by atoms with van der Waals surface area (Å²) in [5.74, 6) is 0.733. The van der Waals surface area contributed by atoms with E-state index in [0.717, 1.165) is 5.92 Å². The molecule has 12 heavy (non-hydrogen) atoms. The second kappa shape index (κ2) is 3.00. The molecule has 0 aromatic heterocycles. The van der Waals surface area contributed by atoms with E-state index in [2.05, 4.69) is 25.8 Å². The van der Waals surface area contributed by atoms with Gasteiger partial charge >= 0.3 is 0 Å². The van der Waals surface area contributed by atoms with Gasteiger partial charge in [0.2, 0.25) is 0 Å². The molecule has 0 amide bonds. The SMILES string of the molecule is CCC1C[C@H]2[C@@H](O1)[C@H](C)CN2C. The largest absolute Gasteiger partial charge is 0.373 e. The van der Waals surface area contributed by atoms with Crippen LogP contribution in [0, 0.1) is 5.92 Å². The van der Waals surface area contributed by atoms with Crippen LogP contribution < -0.4 is 0 Å². The van der Waals surface area contributed by atoms with Crippen LogP contribution in [0.15, 0.2) is 0 Å². The van der Waals surface area contributed by atoms with Crippen LogP contribution in [-0.4, -0.2) is 36.7 Å². The third-order valence-corrected chi connectivity index (χ3v) is 3.39. The van der Waals surface area contributed by atoms with Gasteiger partial charge in [-0.25, -0.2) is 0 Å². The van der Waals surface area contributed by atoms with Gasteiger partial charge in [0.15, 0.2) is 0 Å². The van der Waals surface area contributed by atoms with E-state index in [1.165, 1.54) is 19.4 Å². The fourth-order valence-corrected chi connectivity index (χ4v) is 2.67. The maximum atomic E-state index is 5.98. The average Bonchev–Trinajstić information content (AvgIpc) is 2.55. The normalized spacial score (nSPS) is 48.2. The van der Waals surface area contributed by atoms with Gasteiger partial charge in [0.1, 0.15) is 0 Å². The van der Waals surface area contributed by atoms with Gasteiger partial charge in [0.25, 0.3) is 0 Å². The van der Waals surface area contributed by atoms with Crippen molar-refractivity contribution >= 4 is 0 Å². The molecule has 2 fully saturated rings. The Bertz CT molecular complexity index is 155. The highest BCUT2D eigenvalue weighted by Gasteiger charge is 2.44. The highest BCUT2D eigenvalue weighted by Crippen LogP contribution is 2.35. The molecule has 0 spiro atoms. The van der Waals surface area contributed by atoms with E-state index in [9.17, 15) is 0 Å². The molecule has 0 aromatic rings. The molecular weight excluding hydrogens is 150 g/mol. The van der Waals surface area contributed by atoms with Gasteiger partial charge in [0.05, 0.1) is 12.2 Å². The summed E-state index contributed by atoms with van der Waals surface area (Å²) in [6, 6.07) is 0.713. The highest BCUT2D eigenvalue weighted by atomic mass is 16.5. The Balaban J connectivity index is 2.04. The number of nitrogens with zero attached hydrogens (tertiary/aromatic N) is 1. The monoisotopic (exact) mass is 169 g/mol. The van der Waals surface area contributed by atoms with Crippen LogP contribution in [0.1, 0.15) is 26.7 Å². The molecule has 1 unspecified atom stereocenters. The Kier molecular flexibility index (Phi) is 2.13. The first-order chi connectivity index (χ1) is 5.72. The van der Waals surface area contributed by atoms with Gasteiger partial charge in [-0.3, -0.25) is 0 Å². The molecule has 2 rings (SSSR count). The van der Waals surface area contributed by atoms with Crippen LogP contribution in [0.5, 0.6) is 0 Å². The first-order valence-electron chi connectivity index (χ1n) is 5.08. The van der Waals surface area contributed by atoms with E-state index in [1.807, 2.05) is 0 Å². The van der Waals surface area contributed by atoms with Gasteiger partial charge in [-0.2, -0.15) is 0 Å². The lowest BCUT2D eigenvalue weighted by molar-refractivity contribution is 0.0229. The van der Waals surface area contributed by atoms with Crippen molar-refractivity contribution in [3.63, 3.8) is 0 Å². The summed E-state index contributed by atoms with van der Waals surface area (Å²) in [5.41, 5.74) is 0. The maximum Gasteiger partial charge on any atom is 0.0772 e. The molecule has 2 heteroatoms. The molecule has 0 bridgehead atoms. The zero-order chi connectivity index (χ0) is 8.72. The minimum Gasteiger partial charge on any atom is -0.373 e. The zero-order valence-corrected chi connectivity index (χ0v) is 8.29. The number of ether oxygens (including phenoxy) is 1. The van der Waals surface area contributed by atoms with Crippen molar-refractivity contribution in [1.29, 1.82) is 0 Å². The van der Waals surface area contributed by atoms with Gasteiger partial charge in [-0.05, 0) is 25.8 Å². The summed E-state index contributed by atoms with van der Waals surface area (Å²) in [5, 5.41) is 0. The van der Waals surface area contributed by atoms with Crippen molar-refractivity contribution in [2.75, 3.05) is 13.6 Å². The molecule has 2 saturated heterocycles. The Morgan fingerprint density at radius 3 is 2.83 bits per heavy atom. The van der Waals surface area contributed by atoms with Gasteiger partial charge in [-0.15, -0.1) is 0 Å². The van der Waals surface area contributed by atoms with E-state index in [1.54, 1.807) is 0 Å². The summed E-state index contributed by atoms with van der Waals surface area (Å²) in [7, 11) is 2.22. The van der Waals surface area contributed by atoms with E-state index in [-0.39, 0.29) is 0 Å². The fraction of sp³-hybridized carbons (Fsp3) is 1.00. The molecule has 2 aliphatic rings. The second-order valence-corrected chi connectivity index (χ2v) is 4.35. The van der Waals surface area contributed by atoms with Crippen LogP contribution in [0.4, 0.5) is 0 Å². The minimum atomic E-state index is 0.528. The summed E-state index contributed by atoms with van der Waals surface area (Å²) in [6.45, 7) is 5.74. The van der Waals surface area contributed by atoms with E-state index in [4.69, 9.17) is 4.74 Å². The van der Waals surface area contributed by atoms with Crippen LogP contribution in [0.2, 0.25) is 0 Å². The topological polar surface area (TPSA) is 12.5 Å². The van der Waals surface area contributed by atoms with Crippen molar-refractivity contribution in [2.24, 2.45) is 5.92 Å². The molecule has 0 aliphatic carbocycles. The lowest BCUT2D eigenvalue weighted by Gasteiger charge is -2.15. The van der Waals surface area contributed by atoms with Crippen molar-refractivity contribution in [3.8, 4) is 0 Å². The average molecular weight is 169 g/mol. The fourth-order valence-electron chi connectivity index (χ4n) is 2.67. The number of hydrogen-bond donors (Lipinski definition) is 0. The molecule has 70 valence electrons. The van der Waals surface area contributed by atoms with Crippen molar-refractivity contribution in [3.05, 3.63) is 0 Å². The predicted molar refractivity (Wildman–Crippen MR) is 49.2 cm³/mol. The molecule has 0 aromatic carbocycles. The van der Waals surface area contributed by atoms with Gasteiger partial charge < -0.3 is 9.64 Å². The minimum absolute atomic E-state index is 0.528. The number of likely N-dealkylation sites (N-methyl/N-ethyl adjacent to an activating group) is 1. The van der Waals surface area contributed by atoms with Crippen LogP contribution in [0.25, 0.3) is 0 Å². The molecule has 0 radical (unpaired) electrons. The maximum absolute atomic E-state index is 5.98. The van der Waals surface area contributed by atoms with Gasteiger partial charge in [0, 0.05) is 12.6 Å². The second-order valence-electron chi connectivity index (χ2n) is 4.35. The Labute approximate surface area is 74.9 Å². The third-order valence-electron chi connectivity index (χ3n) is 3.39. The first-order valence-corrected chi connectivity index (χ1v) is 5.08. The molecule has 2 aliphatic heterocycles. The smallest absolute Gasteiger partial charge is 0.0772 e. The number of rotatable bonds is 1. The van der Waals surface area contributed by atoms with Crippen LogP contribution in [0.3, 0.4) is 0 Å². The Hall–Kier alpha value is -0.0800. The van der Waals surface area contributed by atoms with E-state index in [0.29, 0.717) is 18.2 Å². The number of fused-ring (bicyclic) bond motifs is 1. The van der Waals surface area contributed by atoms with Crippen molar-refractivity contribution in [2.45, 2.75) is 44.9 Å². The van der Waals surface area contributed by atoms with Crippen LogP contribution in [-0.2, 0) is 4.74 Å². The van der Waals surface area contributed by atoms with Crippen molar-refractivity contribution < 1.29 is 4.74 Å². The molecule has 0 N–H and O–H groups in total. The Morgan fingerprint density at radius 2 is 2.25 bits per heavy atom. The standard InChI is InChI=1S/C10H19NO/c1-4-8-5-9-10(12-8)7(2)6-11(9)3/h7-10H,4-6H2,1-3H3/t7-,8?,9+,10+/m1/s1. The first kappa shape index (κ1) is 8.52. The Morgan fingerprint density at radius 1 is 1.50 bits per heavy atom. The summed E-state index contributed by atoms with van der Waals surface area (Å²) in [6.07, 6.45) is 3.49. The van der Waals surface area contributed by atoms with E-state index < -0.39 is 0 Å². The lowest BCUT2D eigenvalue weighted by atomic mass is 10.0. The number of hydrogen-bond acceptors (Lipinski definition) is 2. The van der Waals surface area contributed by atoms with Crippen LogP contribution >= 0.6 is 0 Å². The summed E-state index contributed by atoms with van der Waals surface area (Å²) in [4.78, 5) is 2.46. The molecule has 4 atom stereocenters. The third kappa shape index (κ3) is 1.17. The number of likely N-dealkylation sites (tertiary alicyclic amines) is 1. The molecule has 2 heterocycles. The molecular formula is C10H19NO. The summed E-state index contributed by atoms with van der Waals surface area (Å²) >= 11 is 0. The quantitative estimate of drug-likeness (QED) is 0.590. The molecule has 2 nitrogen and oxygen atoms in total.